The van der Waals surface area contributed by atoms with Gasteiger partial charge in [-0.1, -0.05) is 11.6 Å². The first-order chi connectivity index (χ1) is 8.63. The van der Waals surface area contributed by atoms with Crippen LogP contribution in [0.1, 0.15) is 5.69 Å². The summed E-state index contributed by atoms with van der Waals surface area (Å²) in [5.74, 6) is 1.18. The van der Waals surface area contributed by atoms with Crippen molar-refractivity contribution < 1.29 is 4.74 Å². The van der Waals surface area contributed by atoms with E-state index in [1.165, 1.54) is 6.07 Å². The van der Waals surface area contributed by atoms with E-state index in [2.05, 4.69) is 9.97 Å². The lowest BCUT2D eigenvalue weighted by Crippen LogP contribution is -1.98. The molecule has 0 saturated heterocycles. The van der Waals surface area contributed by atoms with Crippen molar-refractivity contribution in [3.63, 3.8) is 0 Å². The van der Waals surface area contributed by atoms with Gasteiger partial charge in [-0.3, -0.25) is 0 Å². The molecule has 1 aromatic heterocycles. The molecule has 2 aromatic rings. The molecule has 0 spiro atoms. The number of ether oxygens (including phenoxy) is 1. The summed E-state index contributed by atoms with van der Waals surface area (Å²) in [7, 11) is 1.55. The van der Waals surface area contributed by atoms with Crippen molar-refractivity contribution in [1.82, 2.24) is 9.97 Å². The zero-order valence-corrected chi connectivity index (χ0v) is 10.3. The molecule has 0 aliphatic heterocycles. The number of nitrogen functional groups attached to an aromatic ring is 1. The van der Waals surface area contributed by atoms with Crippen LogP contribution >= 0.6 is 11.6 Å². The van der Waals surface area contributed by atoms with Crippen LogP contribution in [0.2, 0.25) is 5.02 Å². The Bertz CT molecular complexity index is 636. The van der Waals surface area contributed by atoms with Crippen molar-refractivity contribution in [3.8, 4) is 23.2 Å². The van der Waals surface area contributed by atoms with Crippen molar-refractivity contribution in [2.45, 2.75) is 0 Å². The number of hydrogen-bond donors (Lipinski definition) is 1. The van der Waals surface area contributed by atoms with Crippen molar-refractivity contribution in [1.29, 1.82) is 5.26 Å². The molecule has 0 radical (unpaired) electrons. The SMILES string of the molecule is COc1ccc(-c2nc(N)cc(C#N)n2)c(Cl)c1. The van der Waals surface area contributed by atoms with Gasteiger partial charge in [0.25, 0.3) is 0 Å². The average molecular weight is 261 g/mol. The normalized spacial score (nSPS) is 9.83. The Balaban J connectivity index is 2.55. The van der Waals surface area contributed by atoms with E-state index in [4.69, 9.17) is 27.3 Å². The summed E-state index contributed by atoms with van der Waals surface area (Å²) in [5, 5.41) is 9.27. The number of nitriles is 1. The molecule has 0 bridgehead atoms. The van der Waals surface area contributed by atoms with Crippen molar-refractivity contribution in [3.05, 3.63) is 35.0 Å². The minimum Gasteiger partial charge on any atom is -0.497 e. The molecule has 0 aliphatic rings. The van der Waals surface area contributed by atoms with Crippen LogP contribution in [0.5, 0.6) is 5.75 Å². The van der Waals surface area contributed by atoms with Crippen LogP contribution in [0, 0.1) is 11.3 Å². The summed E-state index contributed by atoms with van der Waals surface area (Å²) in [6.45, 7) is 0. The Hall–Kier alpha value is -2.32. The smallest absolute Gasteiger partial charge is 0.164 e. The zero-order chi connectivity index (χ0) is 13.1. The van der Waals surface area contributed by atoms with E-state index in [0.717, 1.165) is 0 Å². The Kier molecular flexibility index (Phi) is 3.31. The molecule has 6 heteroatoms. The minimum absolute atomic E-state index is 0.199. The number of hydrogen-bond acceptors (Lipinski definition) is 5. The van der Waals surface area contributed by atoms with Crippen LogP contribution < -0.4 is 10.5 Å². The van der Waals surface area contributed by atoms with E-state index < -0.39 is 0 Å². The van der Waals surface area contributed by atoms with Crippen LogP contribution in [0.25, 0.3) is 11.4 Å². The number of methoxy groups -OCH3 is 1. The Labute approximate surface area is 109 Å². The third kappa shape index (κ3) is 2.34. The van der Waals surface area contributed by atoms with Crippen molar-refractivity contribution in [2.24, 2.45) is 0 Å². The van der Waals surface area contributed by atoms with Gasteiger partial charge in [0.2, 0.25) is 0 Å². The van der Waals surface area contributed by atoms with E-state index in [-0.39, 0.29) is 11.5 Å². The van der Waals surface area contributed by atoms with E-state index in [1.807, 2.05) is 6.07 Å². The van der Waals surface area contributed by atoms with Gasteiger partial charge in [-0.25, -0.2) is 9.97 Å². The lowest BCUT2D eigenvalue weighted by atomic mass is 10.2. The van der Waals surface area contributed by atoms with Crippen molar-refractivity contribution >= 4 is 17.4 Å². The van der Waals surface area contributed by atoms with Gasteiger partial charge in [-0.15, -0.1) is 0 Å². The van der Waals surface area contributed by atoms with Crippen LogP contribution in [0.4, 0.5) is 5.82 Å². The molecule has 2 rings (SSSR count). The highest BCUT2D eigenvalue weighted by Crippen LogP contribution is 2.29. The first kappa shape index (κ1) is 12.1. The monoisotopic (exact) mass is 260 g/mol. The second-order valence-corrected chi connectivity index (χ2v) is 3.87. The molecule has 0 amide bonds. The molecule has 1 aromatic carbocycles. The molecule has 5 nitrogen and oxygen atoms in total. The quantitative estimate of drug-likeness (QED) is 0.895. The molecule has 0 aliphatic carbocycles. The molecule has 0 atom stereocenters. The Morgan fingerprint density at radius 3 is 2.72 bits per heavy atom. The van der Waals surface area contributed by atoms with Gasteiger partial charge < -0.3 is 10.5 Å². The predicted octanol–water partition coefficient (Wildman–Crippen LogP) is 2.26. The molecule has 1 heterocycles. The number of benzene rings is 1. The Morgan fingerprint density at radius 2 is 2.11 bits per heavy atom. The standard InChI is InChI=1S/C12H9ClN4O/c1-18-8-2-3-9(10(13)5-8)12-16-7(6-14)4-11(15)17-12/h2-5H,1H3,(H2,15,16,17). The van der Waals surface area contributed by atoms with E-state index in [1.54, 1.807) is 25.3 Å². The second kappa shape index (κ2) is 4.90. The van der Waals surface area contributed by atoms with Gasteiger partial charge in [0.05, 0.1) is 12.1 Å². The highest BCUT2D eigenvalue weighted by molar-refractivity contribution is 6.33. The van der Waals surface area contributed by atoms with E-state index in [0.29, 0.717) is 22.2 Å². The molecular weight excluding hydrogens is 252 g/mol. The molecule has 0 unspecified atom stereocenters. The average Bonchev–Trinajstić information content (AvgIpc) is 2.37. The summed E-state index contributed by atoms with van der Waals surface area (Å²) in [5.41, 5.74) is 6.41. The highest BCUT2D eigenvalue weighted by Gasteiger charge is 2.10. The third-order valence-corrected chi connectivity index (χ3v) is 2.59. The second-order valence-electron chi connectivity index (χ2n) is 3.46. The fourth-order valence-corrected chi connectivity index (χ4v) is 1.70. The van der Waals surface area contributed by atoms with Gasteiger partial charge in [-0.2, -0.15) is 5.26 Å². The maximum absolute atomic E-state index is 8.84. The summed E-state index contributed by atoms with van der Waals surface area (Å²) < 4.78 is 5.05. The fourth-order valence-electron chi connectivity index (χ4n) is 1.45. The number of nitrogens with zero attached hydrogens (tertiary/aromatic N) is 3. The molecule has 0 fully saturated rings. The van der Waals surface area contributed by atoms with Gasteiger partial charge in [0.15, 0.2) is 5.82 Å². The molecule has 90 valence electrons. The number of anilines is 1. The first-order valence-corrected chi connectivity index (χ1v) is 5.40. The first-order valence-electron chi connectivity index (χ1n) is 5.02. The van der Waals surface area contributed by atoms with Crippen LogP contribution in [-0.2, 0) is 0 Å². The van der Waals surface area contributed by atoms with Crippen LogP contribution in [0.3, 0.4) is 0 Å². The van der Waals surface area contributed by atoms with Gasteiger partial charge in [0, 0.05) is 11.6 Å². The largest absolute Gasteiger partial charge is 0.497 e. The molecule has 0 saturated carbocycles. The zero-order valence-electron chi connectivity index (χ0n) is 9.51. The van der Waals surface area contributed by atoms with Crippen LogP contribution in [0.15, 0.2) is 24.3 Å². The minimum atomic E-state index is 0.199. The summed E-state index contributed by atoms with van der Waals surface area (Å²) in [6.07, 6.45) is 0. The summed E-state index contributed by atoms with van der Waals surface area (Å²) >= 11 is 6.11. The van der Waals surface area contributed by atoms with Crippen molar-refractivity contribution in [2.75, 3.05) is 12.8 Å². The summed E-state index contributed by atoms with van der Waals surface area (Å²) in [6, 6.07) is 8.43. The van der Waals surface area contributed by atoms with Crippen LogP contribution in [-0.4, -0.2) is 17.1 Å². The Morgan fingerprint density at radius 1 is 1.33 bits per heavy atom. The van der Waals surface area contributed by atoms with Gasteiger partial charge in [-0.05, 0) is 18.2 Å². The van der Waals surface area contributed by atoms with E-state index >= 15 is 0 Å². The number of rotatable bonds is 2. The highest BCUT2D eigenvalue weighted by atomic mass is 35.5. The maximum Gasteiger partial charge on any atom is 0.164 e. The fraction of sp³-hybridized carbons (Fsp3) is 0.0833. The molecule has 2 N–H and O–H groups in total. The molecule has 18 heavy (non-hydrogen) atoms. The third-order valence-electron chi connectivity index (χ3n) is 2.28. The summed E-state index contributed by atoms with van der Waals surface area (Å²) in [4.78, 5) is 8.12. The predicted molar refractivity (Wildman–Crippen MR) is 68.2 cm³/mol. The molecular formula is C12H9ClN4O. The van der Waals surface area contributed by atoms with Gasteiger partial charge >= 0.3 is 0 Å². The lowest BCUT2D eigenvalue weighted by Gasteiger charge is -2.06. The lowest BCUT2D eigenvalue weighted by molar-refractivity contribution is 0.415. The number of halogens is 1. The maximum atomic E-state index is 8.84. The number of nitrogens with two attached hydrogens (primary N) is 1. The number of aromatic nitrogens is 2. The van der Waals surface area contributed by atoms with E-state index in [9.17, 15) is 0 Å². The van der Waals surface area contributed by atoms with Gasteiger partial charge in [0.1, 0.15) is 23.3 Å². The topological polar surface area (TPSA) is 84.8 Å².